The van der Waals surface area contributed by atoms with Crippen LogP contribution in [0.3, 0.4) is 0 Å². The van der Waals surface area contributed by atoms with Gasteiger partial charge in [-0.3, -0.25) is 4.98 Å². The molecule has 0 atom stereocenters. The summed E-state index contributed by atoms with van der Waals surface area (Å²) in [6, 6.07) is 10.5. The number of methoxy groups -OCH3 is 1. The number of esters is 1. The molecule has 2 fully saturated rings. The van der Waals surface area contributed by atoms with Crippen molar-refractivity contribution in [3.63, 3.8) is 0 Å². The topological polar surface area (TPSA) is 68.7 Å². The number of nitrogens with zero attached hydrogens (tertiary/aromatic N) is 2. The van der Waals surface area contributed by atoms with Gasteiger partial charge in [0, 0.05) is 35.7 Å². The van der Waals surface area contributed by atoms with Crippen molar-refractivity contribution in [1.29, 1.82) is 0 Å². The van der Waals surface area contributed by atoms with Crippen LogP contribution in [0.2, 0.25) is 0 Å². The van der Waals surface area contributed by atoms with E-state index < -0.39 is 5.60 Å². The maximum atomic E-state index is 12.4. The molecule has 1 saturated heterocycles. The van der Waals surface area contributed by atoms with E-state index in [1.54, 1.807) is 4.90 Å². The van der Waals surface area contributed by atoms with Gasteiger partial charge in [-0.05, 0) is 82.6 Å². The van der Waals surface area contributed by atoms with Crippen molar-refractivity contribution in [2.24, 2.45) is 5.92 Å². The summed E-state index contributed by atoms with van der Waals surface area (Å²) < 4.78 is 10.5. The van der Waals surface area contributed by atoms with Crippen LogP contribution in [0.25, 0.3) is 16.5 Å². The van der Waals surface area contributed by atoms with Gasteiger partial charge >= 0.3 is 12.1 Å². The number of carbonyl (C=O) groups is 2. The summed E-state index contributed by atoms with van der Waals surface area (Å²) in [6.45, 7) is 8.87. The van der Waals surface area contributed by atoms with E-state index in [2.05, 4.69) is 30.3 Å². The summed E-state index contributed by atoms with van der Waals surface area (Å²) >= 11 is 0. The van der Waals surface area contributed by atoms with Gasteiger partial charge in [0.1, 0.15) is 5.60 Å². The third-order valence-electron chi connectivity index (χ3n) is 6.47. The molecule has 33 heavy (non-hydrogen) atoms. The van der Waals surface area contributed by atoms with Crippen LogP contribution in [-0.4, -0.2) is 47.7 Å². The zero-order valence-electron chi connectivity index (χ0n) is 20.3. The quantitative estimate of drug-likeness (QED) is 0.441. The standard InChI is InChI=1S/C27H34N2O4/c1-17(25(30)32-5)24(20-7-8-20)21-9-6-18-10-11-22(28-23(18)16-21)19-12-14-29(15-13-19)26(31)33-27(2,3)4/h6,9-11,16,19-20H,7-8,12-15H2,1-5H3/b24-17-. The molecule has 1 saturated carbocycles. The Labute approximate surface area is 196 Å². The Balaban J connectivity index is 1.54. The van der Waals surface area contributed by atoms with Crippen molar-refractivity contribution in [2.75, 3.05) is 20.2 Å². The minimum Gasteiger partial charge on any atom is -0.466 e. The third kappa shape index (κ3) is 5.37. The monoisotopic (exact) mass is 450 g/mol. The van der Waals surface area contributed by atoms with Crippen molar-refractivity contribution in [3.05, 3.63) is 47.2 Å². The van der Waals surface area contributed by atoms with Crippen LogP contribution >= 0.6 is 0 Å². The number of aromatic nitrogens is 1. The molecule has 1 amide bonds. The van der Waals surface area contributed by atoms with Gasteiger partial charge in [0.05, 0.1) is 12.6 Å². The molecule has 0 N–H and O–H groups in total. The first-order chi connectivity index (χ1) is 15.7. The number of pyridine rings is 1. The molecule has 4 rings (SSSR count). The number of hydrogen-bond acceptors (Lipinski definition) is 5. The molecule has 1 aromatic heterocycles. The second kappa shape index (κ2) is 9.16. The number of fused-ring (bicyclic) bond motifs is 1. The smallest absolute Gasteiger partial charge is 0.410 e. The normalized spacial score (nSPS) is 18.2. The Bertz CT molecular complexity index is 1090. The summed E-state index contributed by atoms with van der Waals surface area (Å²) in [5.74, 6) is 0.462. The summed E-state index contributed by atoms with van der Waals surface area (Å²) in [5.41, 5.74) is 4.34. The average molecular weight is 451 g/mol. The number of amides is 1. The summed E-state index contributed by atoms with van der Waals surface area (Å²) in [6.07, 6.45) is 3.70. The highest BCUT2D eigenvalue weighted by Gasteiger charge is 2.31. The molecule has 1 aromatic carbocycles. The van der Waals surface area contributed by atoms with Gasteiger partial charge in [0.2, 0.25) is 0 Å². The van der Waals surface area contributed by atoms with Crippen molar-refractivity contribution in [1.82, 2.24) is 9.88 Å². The predicted octanol–water partition coefficient (Wildman–Crippen LogP) is 5.71. The van der Waals surface area contributed by atoms with Crippen LogP contribution in [0.4, 0.5) is 4.79 Å². The van der Waals surface area contributed by atoms with Crippen LogP contribution in [0, 0.1) is 5.92 Å². The number of hydrogen-bond donors (Lipinski definition) is 0. The maximum absolute atomic E-state index is 12.4. The Hall–Kier alpha value is -2.89. The lowest BCUT2D eigenvalue weighted by Gasteiger charge is -2.33. The summed E-state index contributed by atoms with van der Waals surface area (Å²) in [7, 11) is 1.43. The molecule has 0 unspecified atom stereocenters. The third-order valence-corrected chi connectivity index (χ3v) is 6.47. The number of rotatable bonds is 4. The number of likely N-dealkylation sites (tertiary alicyclic amines) is 1. The minimum atomic E-state index is -0.481. The molecule has 2 aliphatic rings. The number of ether oxygens (including phenoxy) is 2. The Morgan fingerprint density at radius 2 is 1.70 bits per heavy atom. The van der Waals surface area contributed by atoms with Gasteiger partial charge in [-0.25, -0.2) is 9.59 Å². The predicted molar refractivity (Wildman–Crippen MR) is 129 cm³/mol. The lowest BCUT2D eigenvalue weighted by atomic mass is 9.92. The van der Waals surface area contributed by atoms with Crippen molar-refractivity contribution in [3.8, 4) is 0 Å². The molecular weight excluding hydrogens is 416 g/mol. The van der Waals surface area contributed by atoms with Crippen LogP contribution in [0.5, 0.6) is 0 Å². The van der Waals surface area contributed by atoms with E-state index in [4.69, 9.17) is 14.5 Å². The number of benzene rings is 1. The van der Waals surface area contributed by atoms with E-state index in [1.165, 1.54) is 7.11 Å². The van der Waals surface area contributed by atoms with Crippen LogP contribution in [-0.2, 0) is 14.3 Å². The minimum absolute atomic E-state index is 0.238. The average Bonchev–Trinajstić information content (AvgIpc) is 3.62. The molecule has 2 heterocycles. The van der Waals surface area contributed by atoms with Gasteiger partial charge in [-0.1, -0.05) is 18.2 Å². The van der Waals surface area contributed by atoms with Crippen LogP contribution in [0.1, 0.15) is 70.6 Å². The van der Waals surface area contributed by atoms with E-state index in [9.17, 15) is 9.59 Å². The van der Waals surface area contributed by atoms with E-state index in [-0.39, 0.29) is 12.1 Å². The first-order valence-electron chi connectivity index (χ1n) is 11.8. The van der Waals surface area contributed by atoms with Crippen LogP contribution < -0.4 is 0 Å². The van der Waals surface area contributed by atoms with Crippen LogP contribution in [0.15, 0.2) is 35.9 Å². The zero-order valence-corrected chi connectivity index (χ0v) is 20.3. The lowest BCUT2D eigenvalue weighted by Crippen LogP contribution is -2.41. The molecular formula is C27H34N2O4. The largest absolute Gasteiger partial charge is 0.466 e. The van der Waals surface area contributed by atoms with E-state index in [1.807, 2.05) is 27.7 Å². The summed E-state index contributed by atoms with van der Waals surface area (Å²) in [5, 5.41) is 1.08. The molecule has 0 spiro atoms. The Morgan fingerprint density at radius 3 is 2.30 bits per heavy atom. The molecule has 2 aromatic rings. The first kappa shape index (κ1) is 23.3. The first-order valence-corrected chi connectivity index (χ1v) is 11.8. The molecule has 1 aliphatic carbocycles. The fourth-order valence-corrected chi connectivity index (χ4v) is 4.61. The van der Waals surface area contributed by atoms with Gasteiger partial charge in [0.25, 0.3) is 0 Å². The highest BCUT2D eigenvalue weighted by atomic mass is 16.6. The highest BCUT2D eigenvalue weighted by Crippen LogP contribution is 2.44. The SMILES string of the molecule is COC(=O)/C(C)=C(\c1ccc2ccc(C3CCN(C(=O)OC(C)(C)C)CC3)nc2c1)C1CC1. The molecule has 0 radical (unpaired) electrons. The number of allylic oxidation sites excluding steroid dienone is 1. The van der Waals surface area contributed by atoms with Crippen molar-refractivity contribution < 1.29 is 19.1 Å². The maximum Gasteiger partial charge on any atom is 0.410 e. The van der Waals surface area contributed by atoms with Crippen molar-refractivity contribution in [2.45, 2.75) is 64.9 Å². The Morgan fingerprint density at radius 1 is 1.03 bits per heavy atom. The molecule has 176 valence electrons. The molecule has 6 heteroatoms. The lowest BCUT2D eigenvalue weighted by molar-refractivity contribution is -0.136. The fourth-order valence-electron chi connectivity index (χ4n) is 4.61. The van der Waals surface area contributed by atoms with Gasteiger partial charge in [-0.2, -0.15) is 0 Å². The zero-order chi connectivity index (χ0) is 23.8. The van der Waals surface area contributed by atoms with Gasteiger partial charge in [0.15, 0.2) is 0 Å². The van der Waals surface area contributed by atoms with E-state index in [0.29, 0.717) is 30.5 Å². The molecule has 1 aliphatic heterocycles. The molecule has 0 bridgehead atoms. The van der Waals surface area contributed by atoms with Gasteiger partial charge < -0.3 is 14.4 Å². The van der Waals surface area contributed by atoms with E-state index in [0.717, 1.165) is 53.4 Å². The highest BCUT2D eigenvalue weighted by molar-refractivity contribution is 5.99. The van der Waals surface area contributed by atoms with E-state index >= 15 is 0 Å². The van der Waals surface area contributed by atoms with Crippen molar-refractivity contribution >= 4 is 28.5 Å². The number of piperidine rings is 1. The second-order valence-corrected chi connectivity index (χ2v) is 10.2. The molecule has 6 nitrogen and oxygen atoms in total. The fraction of sp³-hybridized carbons (Fsp3) is 0.519. The van der Waals surface area contributed by atoms with Gasteiger partial charge in [-0.15, -0.1) is 0 Å². The summed E-state index contributed by atoms with van der Waals surface area (Å²) in [4.78, 5) is 31.4. The number of carbonyl (C=O) groups excluding carboxylic acids is 2. The second-order valence-electron chi connectivity index (χ2n) is 10.2. The Kier molecular flexibility index (Phi) is 6.46.